The van der Waals surface area contributed by atoms with Crippen molar-refractivity contribution in [3.63, 3.8) is 0 Å². The highest BCUT2D eigenvalue weighted by Crippen LogP contribution is 2.36. The predicted octanol–water partition coefficient (Wildman–Crippen LogP) is 3.77. The summed E-state index contributed by atoms with van der Waals surface area (Å²) in [6.07, 6.45) is -0.613. The summed E-state index contributed by atoms with van der Waals surface area (Å²) in [4.78, 5) is 26.1. The fourth-order valence-electron chi connectivity index (χ4n) is 3.22. The molecule has 1 N–H and O–H groups in total. The Morgan fingerprint density at radius 1 is 1.30 bits per heavy atom. The number of alkyl carbamates (subject to hydrolysis) is 1. The maximum atomic E-state index is 12.6. The maximum Gasteiger partial charge on any atom is 0.408 e. The van der Waals surface area contributed by atoms with E-state index in [0.29, 0.717) is 28.7 Å². The zero-order valence-corrected chi connectivity index (χ0v) is 17.2. The molecule has 0 unspecified atom stereocenters. The first-order valence-electron chi connectivity index (χ1n) is 8.69. The van der Waals surface area contributed by atoms with Gasteiger partial charge in [0.25, 0.3) is 0 Å². The van der Waals surface area contributed by atoms with Crippen LogP contribution in [-0.4, -0.2) is 45.4 Å². The number of benzene rings is 1. The van der Waals surface area contributed by atoms with Crippen molar-refractivity contribution in [2.75, 3.05) is 13.1 Å². The van der Waals surface area contributed by atoms with Gasteiger partial charge in [-0.1, -0.05) is 23.2 Å². The van der Waals surface area contributed by atoms with E-state index in [9.17, 15) is 9.59 Å². The molecule has 1 aliphatic heterocycles. The molecular formula is C18H22Cl2N4O3. The van der Waals surface area contributed by atoms with Gasteiger partial charge < -0.3 is 15.0 Å². The number of carbonyl (C=O) groups is 2. The van der Waals surface area contributed by atoms with E-state index in [0.717, 1.165) is 11.1 Å². The summed E-state index contributed by atoms with van der Waals surface area (Å²) in [5.74, 6) is -0.186. The highest BCUT2D eigenvalue weighted by atomic mass is 35.5. The number of hydrogen-bond donors (Lipinski definition) is 1. The molecule has 0 radical (unpaired) electrons. The fourth-order valence-corrected chi connectivity index (χ4v) is 3.57. The van der Waals surface area contributed by atoms with Crippen molar-refractivity contribution in [1.82, 2.24) is 20.0 Å². The largest absolute Gasteiger partial charge is 0.444 e. The van der Waals surface area contributed by atoms with Crippen LogP contribution in [0.5, 0.6) is 0 Å². The first kappa shape index (κ1) is 19.8. The molecule has 2 aromatic rings. The normalized spacial score (nSPS) is 17.0. The summed E-state index contributed by atoms with van der Waals surface area (Å²) in [6.45, 7) is 8.14. The van der Waals surface area contributed by atoms with Crippen LogP contribution in [0.3, 0.4) is 0 Å². The van der Waals surface area contributed by atoms with Crippen LogP contribution >= 0.6 is 23.2 Å². The molecule has 0 fully saturated rings. The molecule has 1 aliphatic rings. The number of amides is 2. The van der Waals surface area contributed by atoms with Gasteiger partial charge in [0.15, 0.2) is 0 Å². The van der Waals surface area contributed by atoms with Crippen LogP contribution in [0, 0.1) is 0 Å². The van der Waals surface area contributed by atoms with Gasteiger partial charge in [-0.25, -0.2) is 4.79 Å². The maximum absolute atomic E-state index is 12.6. The van der Waals surface area contributed by atoms with Crippen LogP contribution in [0.15, 0.2) is 12.1 Å². The Balaban J connectivity index is 1.76. The van der Waals surface area contributed by atoms with E-state index in [4.69, 9.17) is 27.9 Å². The fraction of sp³-hybridized carbons (Fsp3) is 0.500. The number of carbonyl (C=O) groups excluding carboxylic acids is 2. The van der Waals surface area contributed by atoms with Crippen molar-refractivity contribution < 1.29 is 14.3 Å². The van der Waals surface area contributed by atoms with Crippen LogP contribution in [0.25, 0.3) is 10.9 Å². The molecule has 3 rings (SSSR count). The Morgan fingerprint density at radius 3 is 2.67 bits per heavy atom. The second-order valence-corrected chi connectivity index (χ2v) is 8.27. The van der Waals surface area contributed by atoms with Crippen LogP contribution in [0.4, 0.5) is 4.79 Å². The number of fused-ring (bicyclic) bond motifs is 3. The zero-order chi connectivity index (χ0) is 19.9. The van der Waals surface area contributed by atoms with Crippen molar-refractivity contribution in [1.29, 1.82) is 0 Å². The summed E-state index contributed by atoms with van der Waals surface area (Å²) >= 11 is 12.4. The Labute approximate surface area is 167 Å². The Kier molecular flexibility index (Phi) is 5.27. The van der Waals surface area contributed by atoms with Crippen LogP contribution in [-0.2, 0) is 16.1 Å². The summed E-state index contributed by atoms with van der Waals surface area (Å²) in [5, 5.41) is 8.79. The van der Waals surface area contributed by atoms with E-state index in [1.54, 1.807) is 31.7 Å². The number of nitrogens with zero attached hydrogens (tertiary/aromatic N) is 3. The van der Waals surface area contributed by atoms with E-state index in [-0.39, 0.29) is 18.5 Å². The van der Waals surface area contributed by atoms with Gasteiger partial charge in [0.1, 0.15) is 17.7 Å². The topological polar surface area (TPSA) is 76.5 Å². The third-order valence-electron chi connectivity index (χ3n) is 4.36. The van der Waals surface area contributed by atoms with E-state index >= 15 is 0 Å². The number of nitrogens with one attached hydrogen (secondary N) is 1. The smallest absolute Gasteiger partial charge is 0.408 e. The molecule has 1 aromatic heterocycles. The van der Waals surface area contributed by atoms with Crippen LogP contribution < -0.4 is 5.32 Å². The SMILES string of the molecule is C[C@@H]1c2c3ccc(Cl)c(Cl)c3nn2CCN1C(=O)CNC(=O)OC(C)(C)C. The zero-order valence-electron chi connectivity index (χ0n) is 15.7. The molecule has 0 spiro atoms. The minimum atomic E-state index is -0.614. The van der Waals surface area contributed by atoms with Crippen molar-refractivity contribution in [3.8, 4) is 0 Å². The third kappa shape index (κ3) is 3.99. The molecule has 0 aliphatic carbocycles. The molecule has 1 aromatic carbocycles. The number of ether oxygens (including phenoxy) is 1. The van der Waals surface area contributed by atoms with E-state index in [1.165, 1.54) is 0 Å². The van der Waals surface area contributed by atoms with Gasteiger partial charge in [0.05, 0.1) is 28.3 Å². The summed E-state index contributed by atoms with van der Waals surface area (Å²) in [7, 11) is 0. The van der Waals surface area contributed by atoms with Gasteiger partial charge in [-0.05, 0) is 39.8 Å². The summed E-state index contributed by atoms with van der Waals surface area (Å²) in [6, 6.07) is 3.38. The first-order valence-corrected chi connectivity index (χ1v) is 9.45. The van der Waals surface area contributed by atoms with Gasteiger partial charge in [-0.3, -0.25) is 9.48 Å². The third-order valence-corrected chi connectivity index (χ3v) is 5.16. The van der Waals surface area contributed by atoms with E-state index in [2.05, 4.69) is 10.4 Å². The lowest BCUT2D eigenvalue weighted by Crippen LogP contribution is -2.46. The standard InChI is InChI=1S/C18H22Cl2N4O3/c1-10-16-11-5-6-12(19)14(20)15(11)22-24(16)8-7-23(10)13(25)9-21-17(26)27-18(2,3)4/h5-6,10H,7-9H2,1-4H3,(H,21,26)/t10-/m1/s1. The van der Waals surface area contributed by atoms with Gasteiger partial charge in [-0.15, -0.1) is 0 Å². The van der Waals surface area contributed by atoms with Crippen molar-refractivity contribution in [2.45, 2.75) is 45.9 Å². The molecule has 0 bridgehead atoms. The molecule has 0 saturated carbocycles. The Bertz CT molecular complexity index is 904. The minimum absolute atomic E-state index is 0.127. The number of aromatic nitrogens is 2. The predicted molar refractivity (Wildman–Crippen MR) is 104 cm³/mol. The average Bonchev–Trinajstić information content (AvgIpc) is 2.95. The van der Waals surface area contributed by atoms with Gasteiger partial charge in [0, 0.05) is 11.9 Å². The number of rotatable bonds is 2. The Morgan fingerprint density at radius 2 is 2.00 bits per heavy atom. The van der Waals surface area contributed by atoms with Gasteiger partial charge in [-0.2, -0.15) is 5.10 Å². The lowest BCUT2D eigenvalue weighted by Gasteiger charge is -2.34. The monoisotopic (exact) mass is 412 g/mol. The average molecular weight is 413 g/mol. The summed E-state index contributed by atoms with van der Waals surface area (Å²) < 4.78 is 7.03. The van der Waals surface area contributed by atoms with E-state index < -0.39 is 11.7 Å². The molecule has 1 atom stereocenters. The quantitative estimate of drug-likeness (QED) is 0.813. The van der Waals surface area contributed by atoms with Crippen molar-refractivity contribution >= 4 is 46.1 Å². The number of hydrogen-bond acceptors (Lipinski definition) is 4. The molecule has 2 heterocycles. The molecule has 146 valence electrons. The number of halogens is 2. The molecule has 0 saturated heterocycles. The molecule has 7 nitrogen and oxygen atoms in total. The second kappa shape index (κ2) is 7.20. The Hall–Kier alpha value is -1.99. The highest BCUT2D eigenvalue weighted by molar-refractivity contribution is 6.45. The molecule has 9 heteroatoms. The first-order chi connectivity index (χ1) is 12.6. The molecule has 27 heavy (non-hydrogen) atoms. The van der Waals surface area contributed by atoms with Gasteiger partial charge in [0.2, 0.25) is 5.91 Å². The van der Waals surface area contributed by atoms with Crippen molar-refractivity contribution in [2.24, 2.45) is 0 Å². The molecular weight excluding hydrogens is 391 g/mol. The van der Waals surface area contributed by atoms with Crippen molar-refractivity contribution in [3.05, 3.63) is 27.9 Å². The second-order valence-electron chi connectivity index (χ2n) is 7.48. The highest BCUT2D eigenvalue weighted by Gasteiger charge is 2.31. The summed E-state index contributed by atoms with van der Waals surface area (Å²) in [5.41, 5.74) is 0.921. The van der Waals surface area contributed by atoms with Gasteiger partial charge >= 0.3 is 6.09 Å². The minimum Gasteiger partial charge on any atom is -0.444 e. The van der Waals surface area contributed by atoms with Crippen LogP contribution in [0.1, 0.15) is 39.4 Å². The lowest BCUT2D eigenvalue weighted by atomic mass is 10.1. The van der Waals surface area contributed by atoms with Crippen LogP contribution in [0.2, 0.25) is 10.0 Å². The lowest BCUT2D eigenvalue weighted by molar-refractivity contribution is -0.133. The molecule has 2 amide bonds. The van der Waals surface area contributed by atoms with E-state index in [1.807, 2.05) is 17.7 Å².